The first-order valence-electron chi connectivity index (χ1n) is 51.1. The average molecular weight is 2350 g/mol. The number of piperidine rings is 1. The van der Waals surface area contributed by atoms with Crippen LogP contribution in [0.1, 0.15) is 342 Å². The molecule has 0 radical (unpaired) electrons. The van der Waals surface area contributed by atoms with Gasteiger partial charge in [0, 0.05) is 76.1 Å². The van der Waals surface area contributed by atoms with Gasteiger partial charge in [-0.15, -0.1) is 0 Å². The van der Waals surface area contributed by atoms with E-state index in [1.54, 1.807) is 12.4 Å². The summed E-state index contributed by atoms with van der Waals surface area (Å²) < 4.78 is 378. The second-order valence-electron chi connectivity index (χ2n) is 39.0. The van der Waals surface area contributed by atoms with Gasteiger partial charge in [-0.25, -0.2) is 75.8 Å². The van der Waals surface area contributed by atoms with Crippen molar-refractivity contribution in [2.45, 2.75) is 358 Å². The Balaban J connectivity index is -0.000000171. The molecule has 31 nitrogen and oxygen atoms in total. The third-order valence-corrected chi connectivity index (χ3v) is 31.1. The normalized spacial score (nSPS) is 16.4. The molecule has 0 N–H and O–H groups in total. The number of nitrogens with zero attached hydrogens (tertiary/aromatic N) is 10. The molecule has 0 unspecified atom stereocenters. The number of unbranched alkanes of at least 4 members (excludes halogenated alkanes) is 14. The zero-order chi connectivity index (χ0) is 116. The Morgan fingerprint density at radius 1 is 0.234 bits per heavy atom. The molecule has 4 heterocycles. The molecule has 56 heteroatoms. The van der Waals surface area contributed by atoms with Crippen LogP contribution in [-0.4, -0.2) is 360 Å². The van der Waals surface area contributed by atoms with E-state index in [0.29, 0.717) is 18.8 Å². The van der Waals surface area contributed by atoms with Gasteiger partial charge in [0.2, 0.25) is 0 Å². The Bertz CT molecular complexity index is 3860. The Morgan fingerprint density at radius 2 is 0.359 bits per heavy atom. The first kappa shape index (κ1) is 163. The summed E-state index contributed by atoms with van der Waals surface area (Å²) >= 11 is 0. The number of halogens is 15. The fraction of sp³-hybridized carbons (Fsp3) is 1.00. The van der Waals surface area contributed by atoms with Crippen molar-refractivity contribution in [2.24, 2.45) is 0 Å². The van der Waals surface area contributed by atoms with Crippen molar-refractivity contribution in [3.63, 3.8) is 0 Å². The van der Waals surface area contributed by atoms with E-state index < -0.39 is 115 Å². The maximum absolute atomic E-state index is 11.4. The van der Waals surface area contributed by atoms with Crippen molar-refractivity contribution in [3.05, 3.63) is 12.4 Å². The van der Waals surface area contributed by atoms with E-state index in [0.717, 1.165) is 0 Å². The van der Waals surface area contributed by atoms with Gasteiger partial charge < -0.3 is 57.4 Å². The van der Waals surface area contributed by atoms with Crippen molar-refractivity contribution >= 4 is 98.3 Å². The second kappa shape index (κ2) is 78.5. The Morgan fingerprint density at radius 3 is 0.462 bits per heavy atom. The molecule has 0 spiro atoms. The number of rotatable bonds is 49. The molecule has 0 saturated carbocycles. The molecule has 0 bridgehead atoms. The second-order valence-corrected chi connectivity index (χ2v) is 55.6. The molecular formula is C89H198F15N10O21PS9. The first-order valence-corrected chi connectivity index (χ1v) is 68.4. The molecule has 0 aromatic carbocycles. The Hall–Kier alpha value is -1.59. The molecule has 0 amide bonds. The van der Waals surface area contributed by atoms with Crippen LogP contribution in [0.3, 0.4) is 0 Å². The minimum atomic E-state index is -10.7. The molecular weight excluding hydrogens is 2150 g/mol. The van der Waals surface area contributed by atoms with E-state index in [4.69, 9.17) is 38.9 Å². The molecule has 4 aliphatic heterocycles. The van der Waals surface area contributed by atoms with Crippen LogP contribution in [0.5, 0.6) is 0 Å². The van der Waals surface area contributed by atoms with Crippen molar-refractivity contribution in [3.8, 4) is 0 Å². The van der Waals surface area contributed by atoms with Crippen molar-refractivity contribution in [2.75, 3.05) is 223 Å². The summed E-state index contributed by atoms with van der Waals surface area (Å²) in [6, 6.07) is 0. The summed E-state index contributed by atoms with van der Waals surface area (Å²) in [5.41, 5.74) is -17.0. The SMILES string of the molecule is CCCCC[N+](CC)(CC)CC.CCCC[N+](CCCC)(CCCC)CCCC.CCCC[N+](CCCC)(CCCC)CCCC.CCCC[N+]1(C)CCCC1.CCCC[N+]1(C)CCCC1.CCCC[N+]1(C)CCCC1.CCCC[N+]1(C)CCCCC1.CS(=O)(=O)[N-]S(=O)(=O)C(F)(F)F.CS(=O)(=O)[N-]S(=O)(=O)C(F)(F)F.CS(=O)(=O)[N-]S(=O)(=O)C(F)(F)F.CS(=O)(=O)[O-].CS(=O)(=O)[O-].CS(=O)(=O)[O-].F[P-](F)(F)(F)(F)F. The number of alkyl halides is 9. The molecule has 0 aliphatic carbocycles. The van der Waals surface area contributed by atoms with E-state index in [2.05, 4.69) is 139 Å². The Kier molecular flexibility index (Phi) is 88.5. The monoisotopic (exact) mass is 2350 g/mol. The van der Waals surface area contributed by atoms with E-state index in [1.165, 1.54) is 420 Å². The summed E-state index contributed by atoms with van der Waals surface area (Å²) in [5.74, 6) is 0. The molecule has 0 aromatic rings. The van der Waals surface area contributed by atoms with E-state index >= 15 is 0 Å². The van der Waals surface area contributed by atoms with Gasteiger partial charge in [0.05, 0.1) is 246 Å². The van der Waals surface area contributed by atoms with E-state index in [9.17, 15) is 115 Å². The van der Waals surface area contributed by atoms with Crippen molar-refractivity contribution in [1.29, 1.82) is 0 Å². The van der Waals surface area contributed by atoms with Gasteiger partial charge in [-0.3, -0.25) is 0 Å². The molecule has 4 saturated heterocycles. The van der Waals surface area contributed by atoms with Crippen LogP contribution >= 0.6 is 7.81 Å². The van der Waals surface area contributed by atoms with Gasteiger partial charge in [0.25, 0.3) is 0 Å². The predicted octanol–water partition coefficient (Wildman–Crippen LogP) is 22.9. The van der Waals surface area contributed by atoms with E-state index in [-0.39, 0.29) is 18.8 Å². The van der Waals surface area contributed by atoms with Gasteiger partial charge in [-0.05, 0) is 130 Å². The summed E-state index contributed by atoms with van der Waals surface area (Å²) in [5, 5.41) is 0. The summed E-state index contributed by atoms with van der Waals surface area (Å²) in [6.45, 7) is 70.8. The van der Waals surface area contributed by atoms with Gasteiger partial charge in [-0.1, -0.05) is 173 Å². The van der Waals surface area contributed by atoms with Crippen LogP contribution in [0, 0.1) is 0 Å². The number of quaternary nitrogens is 7. The third-order valence-electron chi connectivity index (χ3n) is 23.8. The molecule has 894 valence electrons. The van der Waals surface area contributed by atoms with Crippen LogP contribution in [0.25, 0.3) is 12.4 Å². The first-order chi connectivity index (χ1) is 65.1. The number of hydrogen-bond acceptors (Lipinski definition) is 21. The predicted molar refractivity (Wildman–Crippen MR) is 559 cm³/mol. The fourth-order valence-electron chi connectivity index (χ4n) is 15.4. The fourth-order valence-corrected chi connectivity index (χ4v) is 20.7. The van der Waals surface area contributed by atoms with Crippen LogP contribution in [0.4, 0.5) is 64.7 Å². The van der Waals surface area contributed by atoms with E-state index in [1.807, 2.05) is 0 Å². The quantitative estimate of drug-likeness (QED) is 0.0179. The number of hydrogen-bond donors (Lipinski definition) is 0. The molecule has 4 fully saturated rings. The molecule has 0 aromatic heterocycles. The number of sulfonamides is 6. The average Bonchev–Trinajstić information content (AvgIpc) is 1.39. The van der Waals surface area contributed by atoms with Gasteiger partial charge in [-0.2, -0.15) is 39.5 Å². The van der Waals surface area contributed by atoms with Crippen LogP contribution in [0.15, 0.2) is 0 Å². The van der Waals surface area contributed by atoms with Crippen molar-refractivity contribution in [1.82, 2.24) is 0 Å². The van der Waals surface area contributed by atoms with Gasteiger partial charge >= 0.3 is 49.5 Å². The summed E-state index contributed by atoms with van der Waals surface area (Å²) in [4.78, 5) is 0. The van der Waals surface area contributed by atoms with Crippen LogP contribution in [-0.2, 0) is 90.5 Å². The molecule has 4 aliphatic rings. The number of likely N-dealkylation sites (tertiary alicyclic amines) is 4. The topological polar surface area (TPSA) is 419 Å². The molecule has 0 atom stereocenters. The minimum absolute atomic E-state index is 0.246. The standard InChI is InChI=1S/2C16H36N.C11H26N.C10H22N.3C9H20N.3C2H3F3NO4S2.3CH4O3S.F6P/c2*1-5-9-13-17(14-10-6-2,15-11-7-3)16-12-8-4;1-5-9-10-11-12(6-2,7-3)8-4;1-3-4-8-11(2)9-6-5-7-10-11;3*1-3-4-7-10(2)8-5-6-9-10;3*1-11(7,8)6-12(9,10)2(3,4)5;3*1-5(2,3)4;1-7(2,3,4,5)6/h2*5-16H2,1-4H3;5-11H2,1-4H3;3-10H2,1-2H3;3*3-9H2,1-2H3;3*1H3;3*1H3,(H,2,3,4);/q7*+1;3*-1;;;;-1/p-3. The molecule has 4 rings (SSSR count). The van der Waals surface area contributed by atoms with Gasteiger partial charge in [0.15, 0.2) is 30.1 Å². The zero-order valence-electron chi connectivity index (χ0n) is 92.8. The maximum atomic E-state index is 11.4. The van der Waals surface area contributed by atoms with Gasteiger partial charge in [0.1, 0.15) is 0 Å². The van der Waals surface area contributed by atoms with Crippen LogP contribution in [0.2, 0.25) is 0 Å². The van der Waals surface area contributed by atoms with Crippen LogP contribution < -0.4 is 0 Å². The third kappa shape index (κ3) is 116. The van der Waals surface area contributed by atoms with Crippen molar-refractivity contribution < 1.29 is 185 Å². The Labute approximate surface area is 871 Å². The molecule has 145 heavy (non-hydrogen) atoms. The zero-order valence-corrected chi connectivity index (χ0v) is 101. The summed E-state index contributed by atoms with van der Waals surface area (Å²) in [6.07, 6.45) is 53.0. The summed E-state index contributed by atoms with van der Waals surface area (Å²) in [7, 11) is -44.2.